The maximum atomic E-state index is 14.0. The van der Waals surface area contributed by atoms with Gasteiger partial charge in [-0.15, -0.1) is 10.2 Å². The number of aliphatic hydroxyl groups excluding tert-OH is 1. The molecular weight excluding hydrogens is 590 g/mol. The number of carbonyl (C=O) groups excluding carboxylic acids is 3. The molecule has 0 spiro atoms. The van der Waals surface area contributed by atoms with Gasteiger partial charge in [-0.25, -0.2) is 4.79 Å². The number of amides is 1. The number of furan rings is 1. The van der Waals surface area contributed by atoms with E-state index in [0.717, 1.165) is 5.56 Å². The molecule has 0 saturated heterocycles. The van der Waals surface area contributed by atoms with Crippen molar-refractivity contribution in [1.82, 2.24) is 10.2 Å². The number of Topliss-reactive ketones (excluding diaryl/α,β-unsaturated/α-hetero) is 1. The minimum Gasteiger partial charge on any atom is -0.503 e. The van der Waals surface area contributed by atoms with Crippen molar-refractivity contribution >= 4 is 56.9 Å². The van der Waals surface area contributed by atoms with E-state index in [1.54, 1.807) is 30.3 Å². The van der Waals surface area contributed by atoms with Crippen LogP contribution in [0, 0.1) is 0 Å². The fourth-order valence-electron chi connectivity index (χ4n) is 4.79. The fourth-order valence-corrected chi connectivity index (χ4v) is 6.61. The van der Waals surface area contributed by atoms with Crippen LogP contribution < -0.4 is 9.64 Å². The highest BCUT2D eigenvalue weighted by molar-refractivity contribution is 8.00. The molecule has 2 aromatic heterocycles. The zero-order chi connectivity index (χ0) is 30.1. The van der Waals surface area contributed by atoms with Crippen LogP contribution in [0.3, 0.4) is 0 Å². The zero-order valence-corrected chi connectivity index (χ0v) is 24.5. The van der Waals surface area contributed by atoms with E-state index >= 15 is 0 Å². The normalized spacial score (nSPS) is 14.9. The minimum atomic E-state index is -1.08. The first kappa shape index (κ1) is 28.2. The van der Waals surface area contributed by atoms with Crippen LogP contribution >= 0.6 is 23.1 Å². The number of thioether (sulfide) groups is 1. The largest absolute Gasteiger partial charge is 0.503 e. The SMILES string of the molecule is COC(=O)c1ccc(C2C(C(=O)c3cc4cccc(OC)c4o3)=C(O)C(=O)N2c2nnc(SCc3ccccc3)s2)cc1. The summed E-state index contributed by atoms with van der Waals surface area (Å²) in [5.41, 5.74) is 2.00. The predicted octanol–water partition coefficient (Wildman–Crippen LogP) is 6.15. The van der Waals surface area contributed by atoms with Crippen molar-refractivity contribution in [2.45, 2.75) is 16.1 Å². The molecule has 43 heavy (non-hydrogen) atoms. The summed E-state index contributed by atoms with van der Waals surface area (Å²) >= 11 is 2.62. The first-order valence-electron chi connectivity index (χ1n) is 13.0. The van der Waals surface area contributed by atoms with Crippen LogP contribution in [0.25, 0.3) is 11.0 Å². The zero-order valence-electron chi connectivity index (χ0n) is 22.8. The van der Waals surface area contributed by atoms with Crippen LogP contribution in [0.15, 0.2) is 99.0 Å². The van der Waals surface area contributed by atoms with E-state index in [9.17, 15) is 19.5 Å². The third-order valence-corrected chi connectivity index (χ3v) is 8.99. The molecule has 1 amide bonds. The van der Waals surface area contributed by atoms with Crippen molar-refractivity contribution < 1.29 is 33.4 Å². The molecule has 1 N–H and O–H groups in total. The highest BCUT2D eigenvalue weighted by Gasteiger charge is 2.47. The van der Waals surface area contributed by atoms with Crippen molar-refractivity contribution in [1.29, 1.82) is 0 Å². The molecule has 0 saturated carbocycles. The Kier molecular flexibility index (Phi) is 7.70. The number of para-hydroxylation sites is 1. The molecule has 0 aliphatic carbocycles. The first-order chi connectivity index (χ1) is 20.9. The Balaban J connectivity index is 1.39. The summed E-state index contributed by atoms with van der Waals surface area (Å²) < 4.78 is 16.6. The quantitative estimate of drug-likeness (QED) is 0.0893. The lowest BCUT2D eigenvalue weighted by atomic mass is 9.94. The van der Waals surface area contributed by atoms with Crippen LogP contribution in [0.5, 0.6) is 5.75 Å². The molecule has 216 valence electrons. The topological polar surface area (TPSA) is 132 Å². The predicted molar refractivity (Wildman–Crippen MR) is 161 cm³/mol. The molecule has 12 heteroatoms. The summed E-state index contributed by atoms with van der Waals surface area (Å²) in [6.07, 6.45) is 0. The molecule has 3 aromatic carbocycles. The number of fused-ring (bicyclic) bond motifs is 1. The second kappa shape index (κ2) is 11.7. The standard InChI is InChI=1S/C31H23N3O7S2/c1-39-21-10-6-9-20-15-22(41-27(20)21)25(35)23-24(18-11-13-19(14-12-18)29(38)40-2)34(28(37)26(23)36)30-32-33-31(43-30)42-16-17-7-4-3-5-8-17/h3-15,24,36H,16H2,1-2H3. The Bertz CT molecular complexity index is 1880. The van der Waals surface area contributed by atoms with Crippen LogP contribution in [-0.4, -0.2) is 47.2 Å². The van der Waals surface area contributed by atoms with Crippen molar-refractivity contribution in [3.05, 3.63) is 113 Å². The molecule has 1 unspecified atom stereocenters. The molecule has 1 atom stereocenters. The Morgan fingerprint density at radius 3 is 2.51 bits per heavy atom. The van der Waals surface area contributed by atoms with E-state index in [-0.39, 0.29) is 22.0 Å². The Morgan fingerprint density at radius 1 is 1.02 bits per heavy atom. The summed E-state index contributed by atoms with van der Waals surface area (Å²) in [5, 5.41) is 20.5. The Labute approximate surface area is 253 Å². The van der Waals surface area contributed by atoms with Crippen molar-refractivity contribution in [2.24, 2.45) is 0 Å². The van der Waals surface area contributed by atoms with Crippen LogP contribution in [0.1, 0.15) is 38.1 Å². The number of anilines is 1. The van der Waals surface area contributed by atoms with E-state index in [2.05, 4.69) is 10.2 Å². The van der Waals surface area contributed by atoms with E-state index in [0.29, 0.717) is 32.4 Å². The van der Waals surface area contributed by atoms with Crippen LogP contribution in [-0.2, 0) is 15.3 Å². The summed E-state index contributed by atoms with van der Waals surface area (Å²) in [6, 6.07) is 21.7. The van der Waals surface area contributed by atoms with E-state index in [1.165, 1.54) is 60.4 Å². The highest BCUT2D eigenvalue weighted by Crippen LogP contribution is 2.44. The second-order valence-corrected chi connectivity index (χ2v) is 11.6. The number of methoxy groups -OCH3 is 2. The molecule has 1 aliphatic heterocycles. The molecule has 6 rings (SSSR count). The van der Waals surface area contributed by atoms with Gasteiger partial charge < -0.3 is 19.0 Å². The molecule has 5 aromatic rings. The summed E-state index contributed by atoms with van der Waals surface area (Å²) in [7, 11) is 2.76. The number of hydrogen-bond acceptors (Lipinski definition) is 11. The average molecular weight is 614 g/mol. The van der Waals surface area contributed by atoms with Gasteiger partial charge in [0.15, 0.2) is 27.2 Å². The molecule has 1 aliphatic rings. The lowest BCUT2D eigenvalue weighted by Crippen LogP contribution is -2.31. The number of aromatic nitrogens is 2. The van der Waals surface area contributed by atoms with Gasteiger partial charge in [-0.3, -0.25) is 14.5 Å². The van der Waals surface area contributed by atoms with E-state index in [4.69, 9.17) is 13.9 Å². The third kappa shape index (κ3) is 5.26. The van der Waals surface area contributed by atoms with E-state index in [1.807, 2.05) is 30.3 Å². The lowest BCUT2D eigenvalue weighted by Gasteiger charge is -2.24. The molecule has 10 nitrogen and oxygen atoms in total. The van der Waals surface area contributed by atoms with Gasteiger partial charge in [-0.1, -0.05) is 77.7 Å². The van der Waals surface area contributed by atoms with Gasteiger partial charge in [0.2, 0.25) is 10.9 Å². The number of rotatable bonds is 9. The number of nitrogens with zero attached hydrogens (tertiary/aromatic N) is 3. The monoisotopic (exact) mass is 613 g/mol. The molecule has 3 heterocycles. The summed E-state index contributed by atoms with van der Waals surface area (Å²) in [5.74, 6) is -1.77. The number of aliphatic hydroxyl groups is 1. The number of carbonyl (C=O) groups is 3. The highest BCUT2D eigenvalue weighted by atomic mass is 32.2. The Morgan fingerprint density at radius 2 is 1.79 bits per heavy atom. The third-order valence-electron chi connectivity index (χ3n) is 6.86. The average Bonchev–Trinajstić information content (AvgIpc) is 3.76. The minimum absolute atomic E-state index is 0.0803. The van der Waals surface area contributed by atoms with Gasteiger partial charge in [0.25, 0.3) is 5.91 Å². The van der Waals surface area contributed by atoms with Crippen molar-refractivity contribution in [3.63, 3.8) is 0 Å². The molecule has 0 radical (unpaired) electrons. The van der Waals surface area contributed by atoms with Gasteiger partial charge >= 0.3 is 5.97 Å². The molecule has 0 fully saturated rings. The van der Waals surface area contributed by atoms with Gasteiger partial charge in [0, 0.05) is 11.1 Å². The van der Waals surface area contributed by atoms with Crippen LogP contribution in [0.2, 0.25) is 0 Å². The number of ether oxygens (including phenoxy) is 2. The summed E-state index contributed by atoms with van der Waals surface area (Å²) in [4.78, 5) is 40.9. The first-order valence-corrected chi connectivity index (χ1v) is 14.8. The van der Waals surface area contributed by atoms with E-state index < -0.39 is 29.5 Å². The molecular formula is C31H23N3O7S2. The second-order valence-electron chi connectivity index (χ2n) is 9.40. The number of benzene rings is 3. The van der Waals surface area contributed by atoms with Crippen LogP contribution in [0.4, 0.5) is 5.13 Å². The number of ketones is 1. The maximum Gasteiger partial charge on any atom is 0.337 e. The summed E-state index contributed by atoms with van der Waals surface area (Å²) in [6.45, 7) is 0. The smallest absolute Gasteiger partial charge is 0.337 e. The van der Waals surface area contributed by atoms with Gasteiger partial charge in [-0.2, -0.15) is 0 Å². The van der Waals surface area contributed by atoms with Crippen molar-refractivity contribution in [3.8, 4) is 5.75 Å². The fraction of sp³-hybridized carbons (Fsp3) is 0.129. The maximum absolute atomic E-state index is 14.0. The number of hydrogen-bond donors (Lipinski definition) is 1. The lowest BCUT2D eigenvalue weighted by molar-refractivity contribution is -0.117. The van der Waals surface area contributed by atoms with Gasteiger partial charge in [-0.05, 0) is 35.4 Å². The van der Waals surface area contributed by atoms with Gasteiger partial charge in [0.05, 0.1) is 31.4 Å². The van der Waals surface area contributed by atoms with Crippen molar-refractivity contribution in [2.75, 3.05) is 19.1 Å². The van der Waals surface area contributed by atoms with Gasteiger partial charge in [0.1, 0.15) is 0 Å². The Hall–Kier alpha value is -4.94. The number of esters is 1. The molecule has 0 bridgehead atoms.